The van der Waals surface area contributed by atoms with Gasteiger partial charge in [0.1, 0.15) is 29.4 Å². The van der Waals surface area contributed by atoms with Crippen LogP contribution in [0.2, 0.25) is 0 Å². The molecule has 7 nitrogen and oxygen atoms in total. The van der Waals surface area contributed by atoms with Crippen molar-refractivity contribution in [3.63, 3.8) is 0 Å². The minimum absolute atomic E-state index is 0.0453. The number of hydrogen-bond acceptors (Lipinski definition) is 6. The zero-order valence-corrected chi connectivity index (χ0v) is 17.8. The highest BCUT2D eigenvalue weighted by Gasteiger charge is 2.28. The van der Waals surface area contributed by atoms with E-state index < -0.39 is 34.8 Å². The van der Waals surface area contributed by atoms with E-state index in [1.54, 1.807) is 11.1 Å². The van der Waals surface area contributed by atoms with Crippen molar-refractivity contribution in [2.45, 2.75) is 12.5 Å². The van der Waals surface area contributed by atoms with Crippen LogP contribution in [0.15, 0.2) is 36.8 Å². The van der Waals surface area contributed by atoms with Gasteiger partial charge in [0.15, 0.2) is 17.8 Å². The number of ether oxygens (including phenoxy) is 1. The molecule has 1 aliphatic heterocycles. The first-order valence-electron chi connectivity index (χ1n) is 10.3. The summed E-state index contributed by atoms with van der Waals surface area (Å²) in [6.07, 6.45) is 5.70. The van der Waals surface area contributed by atoms with Gasteiger partial charge in [-0.05, 0) is 18.6 Å². The maximum Gasteiger partial charge on any atom is 0.204 e. The second-order valence-electron chi connectivity index (χ2n) is 7.94. The molecule has 1 fully saturated rings. The summed E-state index contributed by atoms with van der Waals surface area (Å²) in [5, 5.41) is 9.56. The molecule has 0 saturated carbocycles. The number of likely N-dealkylation sites (tertiary alicyclic amines) is 1. The van der Waals surface area contributed by atoms with Crippen LogP contribution in [0.5, 0.6) is 11.5 Å². The third-order valence-corrected chi connectivity index (χ3v) is 5.86. The maximum atomic E-state index is 15.2. The Morgan fingerprint density at radius 1 is 1.00 bits per heavy atom. The Labute approximate surface area is 194 Å². The first-order chi connectivity index (χ1) is 16.8. The number of anilines is 1. The molecule has 0 spiro atoms. The van der Waals surface area contributed by atoms with Crippen LogP contribution < -0.4 is 10.5 Å². The first kappa shape index (κ1) is 22.4. The summed E-state index contributed by atoms with van der Waals surface area (Å²) >= 11 is 0. The Hall–Kier alpha value is -4.40. The lowest BCUT2D eigenvalue weighted by Gasteiger charge is -2.12. The summed E-state index contributed by atoms with van der Waals surface area (Å²) in [7, 11) is 0. The SMILES string of the molecule is N#CN1CC[C@@H](n2cc(-c3ccc(Oc4c(F)c(F)cc(F)c4F)cc3F)c3c(N)ncnc32)C1. The van der Waals surface area contributed by atoms with E-state index >= 15 is 4.39 Å². The topological polar surface area (TPSA) is 93.0 Å². The van der Waals surface area contributed by atoms with Crippen LogP contribution in [0.1, 0.15) is 12.5 Å². The Morgan fingerprint density at radius 3 is 2.40 bits per heavy atom. The van der Waals surface area contributed by atoms with E-state index in [4.69, 9.17) is 10.5 Å². The van der Waals surface area contributed by atoms with Gasteiger partial charge in [-0.25, -0.2) is 23.1 Å². The molecule has 0 bridgehead atoms. The van der Waals surface area contributed by atoms with E-state index in [0.29, 0.717) is 36.1 Å². The summed E-state index contributed by atoms with van der Waals surface area (Å²) in [4.78, 5) is 9.88. The predicted molar refractivity (Wildman–Crippen MR) is 115 cm³/mol. The number of nitriles is 1. The molecule has 0 aliphatic carbocycles. The number of benzene rings is 2. The Kier molecular flexibility index (Phi) is 5.39. The van der Waals surface area contributed by atoms with Gasteiger partial charge < -0.3 is 19.9 Å². The van der Waals surface area contributed by atoms with E-state index in [-0.39, 0.29) is 29.2 Å². The molecule has 5 rings (SSSR count). The fraction of sp³-hybridized carbons (Fsp3) is 0.174. The van der Waals surface area contributed by atoms with Gasteiger partial charge in [-0.3, -0.25) is 0 Å². The first-order valence-corrected chi connectivity index (χ1v) is 10.3. The van der Waals surface area contributed by atoms with Crippen molar-refractivity contribution in [2.24, 2.45) is 0 Å². The molecular weight excluding hydrogens is 471 g/mol. The van der Waals surface area contributed by atoms with E-state index in [1.807, 2.05) is 4.57 Å². The smallest absolute Gasteiger partial charge is 0.204 e. The molecule has 0 unspecified atom stereocenters. The standard InChI is InChI=1S/C23H15F5N6O/c24-15-5-12(35-21-19(27)16(25)6-17(26)20(21)28)1-2-13(15)14-8-34(11-3-4-33(7-11)9-29)23-18(14)22(30)31-10-32-23/h1-2,5-6,8,10-11H,3-4,7H2,(H2,30,31,32)/t11-/m1/s1. The van der Waals surface area contributed by atoms with E-state index in [2.05, 4.69) is 16.2 Å². The lowest BCUT2D eigenvalue weighted by molar-refractivity contribution is 0.365. The van der Waals surface area contributed by atoms with Crippen LogP contribution in [-0.2, 0) is 0 Å². The van der Waals surface area contributed by atoms with Crippen molar-refractivity contribution in [3.8, 4) is 28.8 Å². The molecule has 3 heterocycles. The van der Waals surface area contributed by atoms with E-state index in [9.17, 15) is 22.8 Å². The molecule has 178 valence electrons. The van der Waals surface area contributed by atoms with Crippen molar-refractivity contribution in [1.29, 1.82) is 5.26 Å². The molecule has 1 saturated heterocycles. The summed E-state index contributed by atoms with van der Waals surface area (Å²) in [5.74, 6) is -9.25. The third-order valence-electron chi connectivity index (χ3n) is 5.86. The fourth-order valence-electron chi connectivity index (χ4n) is 4.19. The fourth-order valence-corrected chi connectivity index (χ4v) is 4.19. The molecule has 0 amide bonds. The normalized spacial score (nSPS) is 15.5. The number of rotatable bonds is 4. The number of hydrogen-bond donors (Lipinski definition) is 1. The molecular formula is C23H15F5N6O. The van der Waals surface area contributed by atoms with Gasteiger partial charge in [0.25, 0.3) is 0 Å². The molecule has 1 aliphatic rings. The van der Waals surface area contributed by atoms with Crippen molar-refractivity contribution in [3.05, 3.63) is 65.9 Å². The molecule has 2 aromatic carbocycles. The maximum absolute atomic E-state index is 15.2. The van der Waals surface area contributed by atoms with Crippen LogP contribution in [0.4, 0.5) is 27.8 Å². The Balaban J connectivity index is 1.56. The third kappa shape index (κ3) is 3.74. The molecule has 2 aromatic heterocycles. The second kappa shape index (κ2) is 8.43. The summed E-state index contributed by atoms with van der Waals surface area (Å²) in [5.41, 5.74) is 6.94. The summed E-state index contributed by atoms with van der Waals surface area (Å²) < 4.78 is 76.8. The Morgan fingerprint density at radius 2 is 1.74 bits per heavy atom. The number of nitrogens with two attached hydrogens (primary N) is 1. The van der Waals surface area contributed by atoms with Gasteiger partial charge in [0, 0.05) is 42.5 Å². The average molecular weight is 486 g/mol. The van der Waals surface area contributed by atoms with Crippen LogP contribution >= 0.6 is 0 Å². The highest BCUT2D eigenvalue weighted by Crippen LogP contribution is 2.39. The molecule has 35 heavy (non-hydrogen) atoms. The van der Waals surface area contributed by atoms with Crippen LogP contribution in [-0.4, -0.2) is 32.5 Å². The van der Waals surface area contributed by atoms with Gasteiger partial charge in [-0.15, -0.1) is 0 Å². The van der Waals surface area contributed by atoms with Crippen molar-refractivity contribution < 1.29 is 26.7 Å². The minimum Gasteiger partial charge on any atom is -0.451 e. The van der Waals surface area contributed by atoms with Crippen LogP contribution in [0, 0.1) is 40.5 Å². The quantitative estimate of drug-likeness (QED) is 0.251. The second-order valence-corrected chi connectivity index (χ2v) is 7.94. The van der Waals surface area contributed by atoms with Gasteiger partial charge in [0.2, 0.25) is 17.4 Å². The number of nitrogens with zero attached hydrogens (tertiary/aromatic N) is 5. The average Bonchev–Trinajstić information content (AvgIpc) is 3.46. The predicted octanol–water partition coefficient (Wildman–Crippen LogP) is 4.90. The van der Waals surface area contributed by atoms with Crippen molar-refractivity contribution in [1.82, 2.24) is 19.4 Å². The molecule has 4 aromatic rings. The number of fused-ring (bicyclic) bond motifs is 1. The van der Waals surface area contributed by atoms with Crippen LogP contribution in [0.25, 0.3) is 22.2 Å². The molecule has 2 N–H and O–H groups in total. The van der Waals surface area contributed by atoms with Crippen molar-refractivity contribution in [2.75, 3.05) is 18.8 Å². The minimum atomic E-state index is -1.75. The largest absolute Gasteiger partial charge is 0.451 e. The zero-order chi connectivity index (χ0) is 24.9. The lowest BCUT2D eigenvalue weighted by Crippen LogP contribution is -2.15. The van der Waals surface area contributed by atoms with Gasteiger partial charge in [0.05, 0.1) is 11.4 Å². The summed E-state index contributed by atoms with van der Waals surface area (Å²) in [6.45, 7) is 1.01. The molecule has 0 radical (unpaired) electrons. The number of nitrogen functional groups attached to an aromatic ring is 1. The summed E-state index contributed by atoms with van der Waals surface area (Å²) in [6, 6.07) is 3.23. The highest BCUT2D eigenvalue weighted by atomic mass is 19.2. The number of aromatic nitrogens is 3. The van der Waals surface area contributed by atoms with Crippen molar-refractivity contribution >= 4 is 16.9 Å². The van der Waals surface area contributed by atoms with Gasteiger partial charge in [-0.1, -0.05) is 0 Å². The van der Waals surface area contributed by atoms with Gasteiger partial charge >= 0.3 is 0 Å². The Bertz CT molecular complexity index is 1490. The molecule has 12 heteroatoms. The van der Waals surface area contributed by atoms with Crippen LogP contribution in [0.3, 0.4) is 0 Å². The van der Waals surface area contributed by atoms with E-state index in [0.717, 1.165) is 6.07 Å². The lowest BCUT2D eigenvalue weighted by atomic mass is 10.1. The zero-order valence-electron chi connectivity index (χ0n) is 17.8. The molecule has 1 atom stereocenters. The van der Waals surface area contributed by atoms with Gasteiger partial charge in [-0.2, -0.15) is 14.0 Å². The van der Waals surface area contributed by atoms with E-state index in [1.165, 1.54) is 18.5 Å². The highest BCUT2D eigenvalue weighted by molar-refractivity contribution is 6.00. The number of halogens is 5. The monoisotopic (exact) mass is 486 g/mol.